The fourth-order valence-corrected chi connectivity index (χ4v) is 3.44. The lowest BCUT2D eigenvalue weighted by molar-refractivity contribution is -0.134. The summed E-state index contributed by atoms with van der Waals surface area (Å²) in [4.78, 5) is 31.5. The van der Waals surface area contributed by atoms with E-state index in [0.29, 0.717) is 30.7 Å². The van der Waals surface area contributed by atoms with E-state index >= 15 is 0 Å². The Kier molecular flexibility index (Phi) is 5.34. The molecule has 0 radical (unpaired) electrons. The molecular formula is C18H26N4O3. The summed E-state index contributed by atoms with van der Waals surface area (Å²) in [5.41, 5.74) is 0.621. The first-order valence-electron chi connectivity index (χ1n) is 8.71. The van der Waals surface area contributed by atoms with E-state index < -0.39 is 0 Å². The molecule has 2 saturated heterocycles. The van der Waals surface area contributed by atoms with Gasteiger partial charge < -0.3 is 15.0 Å². The lowest BCUT2D eigenvalue weighted by atomic mass is 10.1. The molecular weight excluding hydrogens is 320 g/mol. The number of aromatic nitrogens is 1. The van der Waals surface area contributed by atoms with Gasteiger partial charge in [-0.3, -0.25) is 14.5 Å². The quantitative estimate of drug-likeness (QED) is 0.803. The summed E-state index contributed by atoms with van der Waals surface area (Å²) in [6.45, 7) is 3.91. The summed E-state index contributed by atoms with van der Waals surface area (Å²) in [7, 11) is 3.54. The minimum atomic E-state index is -0.0297. The zero-order valence-corrected chi connectivity index (χ0v) is 15.1. The molecule has 2 aliphatic heterocycles. The first-order valence-corrected chi connectivity index (χ1v) is 8.71. The second-order valence-corrected chi connectivity index (χ2v) is 7.12. The molecule has 1 amide bonds. The number of Topliss-reactive ketones (excluding diaryl/α,β-unsaturated/α-hetero) is 1. The summed E-state index contributed by atoms with van der Waals surface area (Å²) in [6, 6.07) is 4.34. The molecule has 0 aromatic carbocycles. The van der Waals surface area contributed by atoms with Gasteiger partial charge in [-0.1, -0.05) is 0 Å². The van der Waals surface area contributed by atoms with Crippen molar-refractivity contribution in [3.05, 3.63) is 23.9 Å². The van der Waals surface area contributed by atoms with Crippen molar-refractivity contribution in [2.24, 2.45) is 0 Å². The average Bonchev–Trinajstić information content (AvgIpc) is 2.96. The van der Waals surface area contributed by atoms with Crippen molar-refractivity contribution in [3.63, 3.8) is 0 Å². The van der Waals surface area contributed by atoms with Crippen LogP contribution in [0.3, 0.4) is 0 Å². The number of ketones is 1. The number of ether oxygens (including phenoxy) is 1. The van der Waals surface area contributed by atoms with Crippen LogP contribution in [0.1, 0.15) is 30.1 Å². The van der Waals surface area contributed by atoms with Gasteiger partial charge >= 0.3 is 0 Å². The highest BCUT2D eigenvalue weighted by Gasteiger charge is 2.38. The molecule has 0 aliphatic carbocycles. The van der Waals surface area contributed by atoms with Crippen LogP contribution in [0.15, 0.2) is 18.3 Å². The molecule has 3 rings (SSSR count). The van der Waals surface area contributed by atoms with Crippen molar-refractivity contribution in [2.75, 3.05) is 39.1 Å². The highest BCUT2D eigenvalue weighted by Crippen LogP contribution is 2.26. The Labute approximate surface area is 148 Å². The van der Waals surface area contributed by atoms with Crippen LogP contribution in [-0.4, -0.2) is 78.5 Å². The van der Waals surface area contributed by atoms with E-state index in [9.17, 15) is 9.59 Å². The summed E-state index contributed by atoms with van der Waals surface area (Å²) in [5.74, 6) is 0.912. The number of carbonyl (C=O) groups excluding carboxylic acids is 2. The number of nitrogens with one attached hydrogen (secondary N) is 1. The number of pyridine rings is 1. The molecule has 0 saturated carbocycles. The van der Waals surface area contributed by atoms with Crippen molar-refractivity contribution in [1.82, 2.24) is 14.8 Å². The second-order valence-electron chi connectivity index (χ2n) is 7.12. The Morgan fingerprint density at radius 3 is 2.80 bits per heavy atom. The average molecular weight is 346 g/mol. The van der Waals surface area contributed by atoms with Crippen molar-refractivity contribution < 1.29 is 14.3 Å². The molecule has 3 atom stereocenters. The third kappa shape index (κ3) is 4.35. The van der Waals surface area contributed by atoms with Crippen LogP contribution in [0.5, 0.6) is 0 Å². The van der Waals surface area contributed by atoms with Crippen LogP contribution in [0.2, 0.25) is 0 Å². The zero-order valence-electron chi connectivity index (χ0n) is 15.1. The molecule has 7 nitrogen and oxygen atoms in total. The molecule has 0 unspecified atom stereocenters. The fraction of sp³-hybridized carbons (Fsp3) is 0.611. The number of morpholine rings is 1. The lowest BCUT2D eigenvalue weighted by Crippen LogP contribution is -2.47. The van der Waals surface area contributed by atoms with Gasteiger partial charge in [0.05, 0.1) is 19.1 Å². The third-order valence-corrected chi connectivity index (χ3v) is 4.91. The van der Waals surface area contributed by atoms with Crippen LogP contribution < -0.4 is 5.32 Å². The minimum Gasteiger partial charge on any atom is -0.375 e. The SMILES string of the molecule is CC(=O)c1ccc(N[C@@H]2C[C@H]3CO[C@@H](CC(=O)N(C)C)CN3C2)nc1. The largest absolute Gasteiger partial charge is 0.375 e. The molecule has 136 valence electrons. The van der Waals surface area contributed by atoms with E-state index in [-0.39, 0.29) is 17.8 Å². The summed E-state index contributed by atoms with van der Waals surface area (Å²) in [5, 5.41) is 3.44. The normalized spacial score (nSPS) is 26.1. The van der Waals surface area contributed by atoms with Crippen LogP contribution in [0, 0.1) is 0 Å². The first kappa shape index (κ1) is 17.8. The minimum absolute atomic E-state index is 0.0208. The van der Waals surface area contributed by atoms with Crippen LogP contribution in [-0.2, 0) is 9.53 Å². The maximum absolute atomic E-state index is 11.9. The predicted molar refractivity (Wildman–Crippen MR) is 94.7 cm³/mol. The summed E-state index contributed by atoms with van der Waals surface area (Å²) < 4.78 is 5.88. The number of anilines is 1. The maximum Gasteiger partial charge on any atom is 0.224 e. The molecule has 0 spiro atoms. The van der Waals surface area contributed by atoms with Gasteiger partial charge in [0.1, 0.15) is 5.82 Å². The zero-order chi connectivity index (χ0) is 18.0. The monoisotopic (exact) mass is 346 g/mol. The highest BCUT2D eigenvalue weighted by atomic mass is 16.5. The third-order valence-electron chi connectivity index (χ3n) is 4.91. The molecule has 3 heterocycles. The van der Waals surface area contributed by atoms with Gasteiger partial charge in [-0.2, -0.15) is 0 Å². The van der Waals surface area contributed by atoms with Crippen LogP contribution >= 0.6 is 0 Å². The van der Waals surface area contributed by atoms with Crippen molar-refractivity contribution in [3.8, 4) is 0 Å². The van der Waals surface area contributed by atoms with Crippen molar-refractivity contribution in [2.45, 2.75) is 38.0 Å². The number of fused-ring (bicyclic) bond motifs is 1. The number of amides is 1. The second kappa shape index (κ2) is 7.49. The van der Waals surface area contributed by atoms with Gasteiger partial charge in [0.2, 0.25) is 5.91 Å². The number of nitrogens with zero attached hydrogens (tertiary/aromatic N) is 3. The molecule has 7 heteroatoms. The van der Waals surface area contributed by atoms with Gasteiger partial charge in [0, 0.05) is 51.0 Å². The van der Waals surface area contributed by atoms with E-state index in [1.165, 1.54) is 6.92 Å². The van der Waals surface area contributed by atoms with Crippen LogP contribution in [0.4, 0.5) is 5.82 Å². The van der Waals surface area contributed by atoms with Gasteiger partial charge in [-0.05, 0) is 25.5 Å². The Balaban J connectivity index is 1.53. The van der Waals surface area contributed by atoms with E-state index in [0.717, 1.165) is 25.3 Å². The Morgan fingerprint density at radius 2 is 2.16 bits per heavy atom. The molecule has 25 heavy (non-hydrogen) atoms. The Hall–Kier alpha value is -1.99. The van der Waals surface area contributed by atoms with Gasteiger partial charge in [-0.25, -0.2) is 4.98 Å². The number of hydrogen-bond acceptors (Lipinski definition) is 6. The van der Waals surface area contributed by atoms with Crippen LogP contribution in [0.25, 0.3) is 0 Å². The maximum atomic E-state index is 11.9. The van der Waals surface area contributed by atoms with E-state index in [2.05, 4.69) is 15.2 Å². The number of rotatable bonds is 5. The molecule has 1 N–H and O–H groups in total. The molecule has 0 bridgehead atoms. The van der Waals surface area contributed by atoms with Crippen molar-refractivity contribution >= 4 is 17.5 Å². The Bertz CT molecular complexity index is 632. The number of hydrogen-bond donors (Lipinski definition) is 1. The van der Waals surface area contributed by atoms with E-state index in [1.807, 2.05) is 6.07 Å². The van der Waals surface area contributed by atoms with Gasteiger partial charge in [0.25, 0.3) is 0 Å². The smallest absolute Gasteiger partial charge is 0.224 e. The number of carbonyl (C=O) groups is 2. The van der Waals surface area contributed by atoms with E-state index in [1.54, 1.807) is 31.3 Å². The first-order chi connectivity index (χ1) is 11.9. The summed E-state index contributed by atoms with van der Waals surface area (Å²) >= 11 is 0. The Morgan fingerprint density at radius 1 is 1.36 bits per heavy atom. The fourth-order valence-electron chi connectivity index (χ4n) is 3.44. The lowest BCUT2D eigenvalue weighted by Gasteiger charge is -2.35. The topological polar surface area (TPSA) is 74.8 Å². The summed E-state index contributed by atoms with van der Waals surface area (Å²) in [6.07, 6.45) is 3.00. The molecule has 2 aliphatic rings. The van der Waals surface area contributed by atoms with Gasteiger partial charge in [0.15, 0.2) is 5.78 Å². The predicted octanol–water partition coefficient (Wildman–Crippen LogP) is 1.02. The van der Waals surface area contributed by atoms with Crippen molar-refractivity contribution in [1.29, 1.82) is 0 Å². The van der Waals surface area contributed by atoms with Gasteiger partial charge in [-0.15, -0.1) is 0 Å². The highest BCUT2D eigenvalue weighted by molar-refractivity contribution is 5.93. The molecule has 2 fully saturated rings. The standard InChI is InChI=1S/C18H26N4O3/c1-12(23)13-4-5-17(19-8-13)20-14-6-15-11-25-16(10-22(15)9-14)7-18(24)21(2)3/h4-5,8,14-16H,6-7,9-11H2,1-3H3,(H,19,20)/t14-,15+,16+/m1/s1. The molecule has 1 aromatic heterocycles. The molecule has 1 aromatic rings. The van der Waals surface area contributed by atoms with E-state index in [4.69, 9.17) is 4.74 Å².